The largest absolute Gasteiger partial charge is 0.480 e. The number of aryl methyl sites for hydroxylation is 1. The summed E-state index contributed by atoms with van der Waals surface area (Å²) in [6, 6.07) is 0. The highest BCUT2D eigenvalue weighted by Gasteiger charge is 2.10. The highest BCUT2D eigenvalue weighted by atomic mass is 16.4. The zero-order valence-corrected chi connectivity index (χ0v) is 8.62. The van der Waals surface area contributed by atoms with Crippen molar-refractivity contribution in [3.63, 3.8) is 0 Å². The smallest absolute Gasteiger partial charge is 0.323 e. The van der Waals surface area contributed by atoms with Crippen molar-refractivity contribution in [1.82, 2.24) is 19.2 Å². The van der Waals surface area contributed by atoms with E-state index in [1.54, 1.807) is 10.6 Å². The Kier molecular flexibility index (Phi) is 2.43. The van der Waals surface area contributed by atoms with Crippen LogP contribution >= 0.6 is 0 Å². The fourth-order valence-corrected chi connectivity index (χ4v) is 1.48. The second-order valence-electron chi connectivity index (χ2n) is 3.29. The van der Waals surface area contributed by atoms with Gasteiger partial charge in [-0.05, 0) is 0 Å². The van der Waals surface area contributed by atoms with E-state index >= 15 is 0 Å². The SMILES string of the molecule is CCc1nnc2c(=O)n(CC(=O)O)ccn12. The van der Waals surface area contributed by atoms with Crippen LogP contribution in [0.1, 0.15) is 12.7 Å². The predicted octanol–water partition coefficient (Wildman–Crippen LogP) is -0.462. The number of rotatable bonds is 3. The first-order chi connectivity index (χ1) is 7.63. The second-order valence-corrected chi connectivity index (χ2v) is 3.29. The molecule has 0 saturated carbocycles. The lowest BCUT2D eigenvalue weighted by atomic mass is 10.4. The first-order valence-electron chi connectivity index (χ1n) is 4.78. The molecule has 7 nitrogen and oxygen atoms in total. The zero-order valence-electron chi connectivity index (χ0n) is 8.62. The Bertz CT molecular complexity index is 598. The molecule has 0 unspecified atom stereocenters. The average Bonchev–Trinajstić information content (AvgIpc) is 2.65. The number of hydrogen-bond acceptors (Lipinski definition) is 4. The molecule has 2 rings (SSSR count). The molecule has 2 aromatic rings. The molecule has 0 aliphatic heterocycles. The van der Waals surface area contributed by atoms with Crippen LogP contribution in [0.25, 0.3) is 5.65 Å². The summed E-state index contributed by atoms with van der Waals surface area (Å²) in [5.41, 5.74) is -0.294. The van der Waals surface area contributed by atoms with Gasteiger partial charge in [-0.3, -0.25) is 18.6 Å². The van der Waals surface area contributed by atoms with Crippen molar-refractivity contribution in [2.75, 3.05) is 0 Å². The van der Waals surface area contributed by atoms with Gasteiger partial charge in [-0.2, -0.15) is 0 Å². The second kappa shape index (κ2) is 3.76. The Morgan fingerprint density at radius 3 is 2.81 bits per heavy atom. The summed E-state index contributed by atoms with van der Waals surface area (Å²) >= 11 is 0. The standard InChI is InChI=1S/C9H10N4O3/c1-2-6-10-11-8-9(16)12(5-7(14)15)3-4-13(6)8/h3-4H,2,5H2,1H3,(H,14,15). The van der Waals surface area contributed by atoms with E-state index in [2.05, 4.69) is 10.2 Å². The van der Waals surface area contributed by atoms with Gasteiger partial charge in [-0.15, -0.1) is 10.2 Å². The van der Waals surface area contributed by atoms with E-state index in [0.717, 1.165) is 4.57 Å². The molecular weight excluding hydrogens is 212 g/mol. The van der Waals surface area contributed by atoms with Crippen LogP contribution in [0.5, 0.6) is 0 Å². The topological polar surface area (TPSA) is 89.5 Å². The molecular formula is C9H10N4O3. The van der Waals surface area contributed by atoms with Crippen LogP contribution in [0.4, 0.5) is 0 Å². The predicted molar refractivity (Wildman–Crippen MR) is 54.3 cm³/mol. The van der Waals surface area contributed by atoms with Crippen molar-refractivity contribution in [2.45, 2.75) is 19.9 Å². The van der Waals surface area contributed by atoms with Gasteiger partial charge < -0.3 is 5.11 Å². The molecule has 0 aliphatic rings. The lowest BCUT2D eigenvalue weighted by Gasteiger charge is -2.02. The monoisotopic (exact) mass is 222 g/mol. The summed E-state index contributed by atoms with van der Waals surface area (Å²) in [5, 5.41) is 16.2. The number of carbonyl (C=O) groups is 1. The van der Waals surface area contributed by atoms with Gasteiger partial charge in [0.25, 0.3) is 5.56 Å². The molecule has 0 atom stereocenters. The molecule has 0 saturated heterocycles. The minimum absolute atomic E-state index is 0.153. The highest BCUT2D eigenvalue weighted by molar-refractivity contribution is 5.66. The third-order valence-corrected chi connectivity index (χ3v) is 2.24. The van der Waals surface area contributed by atoms with E-state index in [1.807, 2.05) is 6.92 Å². The van der Waals surface area contributed by atoms with Gasteiger partial charge in [0.1, 0.15) is 12.4 Å². The van der Waals surface area contributed by atoms with Crippen LogP contribution in [0.3, 0.4) is 0 Å². The lowest BCUT2D eigenvalue weighted by Crippen LogP contribution is -2.25. The van der Waals surface area contributed by atoms with E-state index in [4.69, 9.17) is 5.11 Å². The number of fused-ring (bicyclic) bond motifs is 1. The number of nitrogens with zero attached hydrogens (tertiary/aromatic N) is 4. The van der Waals surface area contributed by atoms with Crippen molar-refractivity contribution in [3.8, 4) is 0 Å². The van der Waals surface area contributed by atoms with Crippen LogP contribution in [-0.4, -0.2) is 30.2 Å². The number of aliphatic carboxylic acids is 1. The van der Waals surface area contributed by atoms with Crippen molar-refractivity contribution in [3.05, 3.63) is 28.6 Å². The van der Waals surface area contributed by atoms with Crippen LogP contribution in [0.15, 0.2) is 17.2 Å². The fraction of sp³-hybridized carbons (Fsp3) is 0.333. The van der Waals surface area contributed by atoms with E-state index in [0.29, 0.717) is 12.2 Å². The summed E-state index contributed by atoms with van der Waals surface area (Å²) in [6.07, 6.45) is 3.67. The summed E-state index contributed by atoms with van der Waals surface area (Å²) in [6.45, 7) is 1.53. The summed E-state index contributed by atoms with van der Waals surface area (Å²) in [4.78, 5) is 22.3. The quantitative estimate of drug-likeness (QED) is 0.758. The summed E-state index contributed by atoms with van der Waals surface area (Å²) in [5.74, 6) is -0.392. The molecule has 2 aromatic heterocycles. The Balaban J connectivity index is 2.62. The molecule has 0 spiro atoms. The molecule has 0 aliphatic carbocycles. The molecule has 1 N–H and O–H groups in total. The molecule has 2 heterocycles. The number of carboxylic acid groups (broad SMARTS) is 1. The van der Waals surface area contributed by atoms with Gasteiger partial charge in [-0.1, -0.05) is 6.92 Å². The number of carboxylic acids is 1. The first-order valence-corrected chi connectivity index (χ1v) is 4.78. The van der Waals surface area contributed by atoms with E-state index in [-0.39, 0.29) is 12.2 Å². The minimum atomic E-state index is -1.07. The van der Waals surface area contributed by atoms with Crippen LogP contribution < -0.4 is 5.56 Å². The van der Waals surface area contributed by atoms with Gasteiger partial charge in [-0.25, -0.2) is 0 Å². The maximum Gasteiger partial charge on any atom is 0.323 e. The van der Waals surface area contributed by atoms with Gasteiger partial charge in [0.05, 0.1) is 0 Å². The summed E-state index contributed by atoms with van der Waals surface area (Å²) in [7, 11) is 0. The fourth-order valence-electron chi connectivity index (χ4n) is 1.48. The maximum atomic E-state index is 11.8. The van der Waals surface area contributed by atoms with Crippen molar-refractivity contribution in [2.24, 2.45) is 0 Å². The Hall–Kier alpha value is -2.18. The maximum absolute atomic E-state index is 11.8. The van der Waals surface area contributed by atoms with Crippen LogP contribution in [0, 0.1) is 0 Å². The molecule has 0 radical (unpaired) electrons. The Morgan fingerprint density at radius 1 is 1.44 bits per heavy atom. The van der Waals surface area contributed by atoms with E-state index < -0.39 is 11.5 Å². The molecule has 0 fully saturated rings. The van der Waals surface area contributed by atoms with Gasteiger partial charge >= 0.3 is 5.97 Å². The molecule has 0 bridgehead atoms. The van der Waals surface area contributed by atoms with Crippen molar-refractivity contribution >= 4 is 11.6 Å². The molecule has 0 aromatic carbocycles. The minimum Gasteiger partial charge on any atom is -0.480 e. The third kappa shape index (κ3) is 1.56. The third-order valence-electron chi connectivity index (χ3n) is 2.24. The Labute approximate surface area is 90.0 Å². The van der Waals surface area contributed by atoms with E-state index in [9.17, 15) is 9.59 Å². The van der Waals surface area contributed by atoms with Crippen LogP contribution in [-0.2, 0) is 17.8 Å². The van der Waals surface area contributed by atoms with Gasteiger partial charge in [0.15, 0.2) is 0 Å². The Morgan fingerprint density at radius 2 is 2.19 bits per heavy atom. The lowest BCUT2D eigenvalue weighted by molar-refractivity contribution is -0.137. The molecule has 16 heavy (non-hydrogen) atoms. The van der Waals surface area contributed by atoms with Crippen LogP contribution in [0.2, 0.25) is 0 Å². The van der Waals surface area contributed by atoms with Gasteiger partial charge in [0, 0.05) is 18.8 Å². The van der Waals surface area contributed by atoms with Crippen molar-refractivity contribution < 1.29 is 9.90 Å². The summed E-state index contributed by atoms with van der Waals surface area (Å²) < 4.78 is 2.66. The van der Waals surface area contributed by atoms with Crippen molar-refractivity contribution in [1.29, 1.82) is 0 Å². The average molecular weight is 222 g/mol. The molecule has 7 heteroatoms. The normalized spacial score (nSPS) is 10.8. The molecule has 0 amide bonds. The van der Waals surface area contributed by atoms with Gasteiger partial charge in [0.2, 0.25) is 5.65 Å². The highest BCUT2D eigenvalue weighted by Crippen LogP contribution is 1.99. The van der Waals surface area contributed by atoms with E-state index in [1.165, 1.54) is 6.20 Å². The molecule has 84 valence electrons. The number of hydrogen-bond donors (Lipinski definition) is 1. The zero-order chi connectivity index (χ0) is 11.7. The first kappa shape index (κ1) is 10.3. The number of aromatic nitrogens is 4.